The maximum absolute atomic E-state index is 11.2. The molecule has 1 aromatic carbocycles. The van der Waals surface area contributed by atoms with E-state index in [1.807, 2.05) is 37.4 Å². The highest BCUT2D eigenvalue weighted by Gasteiger charge is 2.06. The summed E-state index contributed by atoms with van der Waals surface area (Å²) in [6.07, 6.45) is 0. The number of para-hydroxylation sites is 1. The summed E-state index contributed by atoms with van der Waals surface area (Å²) in [4.78, 5) is 13.3. The second-order valence-corrected chi connectivity index (χ2v) is 3.84. The molecule has 0 saturated heterocycles. The highest BCUT2D eigenvalue weighted by atomic mass is 35.5. The van der Waals surface area contributed by atoms with Crippen LogP contribution in [-0.4, -0.2) is 32.1 Å². The van der Waals surface area contributed by atoms with Crippen LogP contribution in [0.15, 0.2) is 30.3 Å². The normalized spacial score (nSPS) is 10.6. The highest BCUT2D eigenvalue weighted by Crippen LogP contribution is 2.09. The minimum Gasteiger partial charge on any atom is -0.373 e. The minimum absolute atomic E-state index is 0. The fraction of sp³-hybridized carbons (Fsp3) is 0.417. The number of carbonyl (C=O) groups excluding carboxylic acids is 1. The van der Waals surface area contributed by atoms with Crippen LogP contribution in [0.4, 0.5) is 5.69 Å². The number of carbonyl (C=O) groups is 1. The van der Waals surface area contributed by atoms with Crippen molar-refractivity contribution in [2.45, 2.75) is 13.0 Å². The molecule has 0 radical (unpaired) electrons. The zero-order valence-electron chi connectivity index (χ0n) is 10.6. The van der Waals surface area contributed by atoms with Crippen molar-refractivity contribution in [3.8, 4) is 0 Å². The highest BCUT2D eigenvalue weighted by molar-refractivity contribution is 5.85. The lowest BCUT2D eigenvalue weighted by atomic mass is 10.3. The first-order chi connectivity index (χ1) is 7.61. The second kappa shape index (κ2) is 10.00. The van der Waals surface area contributed by atoms with Crippen LogP contribution in [-0.2, 0) is 4.79 Å². The van der Waals surface area contributed by atoms with Gasteiger partial charge in [0.05, 0.1) is 6.04 Å². The van der Waals surface area contributed by atoms with Gasteiger partial charge in [-0.2, -0.15) is 0 Å². The van der Waals surface area contributed by atoms with E-state index in [0.717, 1.165) is 12.2 Å². The Bertz CT molecular complexity index is 333. The Balaban J connectivity index is 0. The molecule has 0 fully saturated rings. The maximum Gasteiger partial charge on any atom is 0.236 e. The van der Waals surface area contributed by atoms with E-state index >= 15 is 0 Å². The predicted molar refractivity (Wildman–Crippen MR) is 80.9 cm³/mol. The van der Waals surface area contributed by atoms with Crippen LogP contribution in [0.1, 0.15) is 6.92 Å². The molecule has 0 unspecified atom stereocenters. The SMILES string of the molecule is C[C@@H](N)C(=O)NCCN(C)c1ccccc1.Cl.Cl. The molecule has 1 amide bonds. The molecule has 0 aliphatic heterocycles. The molecule has 0 aromatic heterocycles. The topological polar surface area (TPSA) is 58.4 Å². The quantitative estimate of drug-likeness (QED) is 0.863. The average Bonchev–Trinajstić information content (AvgIpc) is 2.29. The average molecular weight is 294 g/mol. The Labute approximate surface area is 121 Å². The zero-order valence-corrected chi connectivity index (χ0v) is 12.3. The number of hydrogen-bond donors (Lipinski definition) is 2. The Morgan fingerprint density at radius 3 is 2.39 bits per heavy atom. The van der Waals surface area contributed by atoms with Crippen molar-refractivity contribution >= 4 is 36.4 Å². The first-order valence-electron chi connectivity index (χ1n) is 5.40. The van der Waals surface area contributed by atoms with Gasteiger partial charge in [0, 0.05) is 25.8 Å². The molecule has 1 aromatic rings. The molecule has 0 saturated carbocycles. The molecule has 0 spiro atoms. The van der Waals surface area contributed by atoms with Crippen molar-refractivity contribution in [3.05, 3.63) is 30.3 Å². The first kappa shape index (κ1) is 19.4. The molecule has 0 bridgehead atoms. The van der Waals surface area contributed by atoms with Gasteiger partial charge >= 0.3 is 0 Å². The maximum atomic E-state index is 11.2. The van der Waals surface area contributed by atoms with Crippen LogP contribution < -0.4 is 16.0 Å². The number of amides is 1. The first-order valence-corrected chi connectivity index (χ1v) is 5.40. The van der Waals surface area contributed by atoms with Crippen LogP contribution in [0, 0.1) is 0 Å². The summed E-state index contributed by atoms with van der Waals surface area (Å²) in [7, 11) is 1.99. The molecular formula is C12H21Cl2N3O. The minimum atomic E-state index is -0.443. The predicted octanol–water partition coefficient (Wildman–Crippen LogP) is 1.43. The number of nitrogens with one attached hydrogen (secondary N) is 1. The summed E-state index contributed by atoms with van der Waals surface area (Å²) in [6.45, 7) is 3.05. The van der Waals surface area contributed by atoms with Gasteiger partial charge in [0.25, 0.3) is 0 Å². The van der Waals surface area contributed by atoms with Crippen LogP contribution in [0.3, 0.4) is 0 Å². The van der Waals surface area contributed by atoms with Gasteiger partial charge in [-0.3, -0.25) is 4.79 Å². The Hall–Kier alpha value is -0.970. The fourth-order valence-corrected chi connectivity index (χ4v) is 1.32. The Kier molecular flexibility index (Phi) is 10.8. The molecule has 0 aliphatic rings. The van der Waals surface area contributed by atoms with Crippen molar-refractivity contribution in [1.29, 1.82) is 0 Å². The van der Waals surface area contributed by atoms with Crippen molar-refractivity contribution in [2.24, 2.45) is 5.73 Å². The number of anilines is 1. The van der Waals surface area contributed by atoms with E-state index in [2.05, 4.69) is 10.2 Å². The summed E-state index contributed by atoms with van der Waals surface area (Å²) in [5.74, 6) is -0.110. The summed E-state index contributed by atoms with van der Waals surface area (Å²) < 4.78 is 0. The lowest BCUT2D eigenvalue weighted by molar-refractivity contribution is -0.121. The van der Waals surface area contributed by atoms with Gasteiger partial charge in [-0.1, -0.05) is 18.2 Å². The lowest BCUT2D eigenvalue weighted by Crippen LogP contribution is -2.41. The van der Waals surface area contributed by atoms with E-state index < -0.39 is 6.04 Å². The molecule has 18 heavy (non-hydrogen) atoms. The molecule has 0 aliphatic carbocycles. The summed E-state index contributed by atoms with van der Waals surface area (Å²) >= 11 is 0. The zero-order chi connectivity index (χ0) is 12.0. The molecule has 1 rings (SSSR count). The van der Waals surface area contributed by atoms with Crippen molar-refractivity contribution in [1.82, 2.24) is 5.32 Å². The van der Waals surface area contributed by atoms with Gasteiger partial charge in [0.1, 0.15) is 0 Å². The van der Waals surface area contributed by atoms with E-state index in [0.29, 0.717) is 6.54 Å². The Morgan fingerprint density at radius 1 is 1.33 bits per heavy atom. The van der Waals surface area contributed by atoms with Crippen LogP contribution >= 0.6 is 24.8 Å². The number of hydrogen-bond acceptors (Lipinski definition) is 3. The number of nitrogens with zero attached hydrogens (tertiary/aromatic N) is 1. The molecule has 1 atom stereocenters. The monoisotopic (exact) mass is 293 g/mol. The summed E-state index contributed by atoms with van der Waals surface area (Å²) in [6, 6.07) is 9.59. The van der Waals surface area contributed by atoms with E-state index in [4.69, 9.17) is 5.73 Å². The molecule has 4 nitrogen and oxygen atoms in total. The van der Waals surface area contributed by atoms with Gasteiger partial charge in [-0.05, 0) is 19.1 Å². The van der Waals surface area contributed by atoms with Gasteiger partial charge in [0.15, 0.2) is 0 Å². The molecule has 6 heteroatoms. The number of nitrogens with two attached hydrogens (primary N) is 1. The molecule has 3 N–H and O–H groups in total. The summed E-state index contributed by atoms with van der Waals surface area (Å²) in [5, 5.41) is 2.78. The standard InChI is InChI=1S/C12H19N3O.2ClH/c1-10(13)12(16)14-8-9-15(2)11-6-4-3-5-7-11;;/h3-7,10H,8-9,13H2,1-2H3,(H,14,16);2*1H/t10-;;/m1../s1. The van der Waals surface area contributed by atoms with Gasteiger partial charge in [0.2, 0.25) is 5.91 Å². The van der Waals surface area contributed by atoms with E-state index in [-0.39, 0.29) is 30.7 Å². The van der Waals surface area contributed by atoms with Crippen molar-refractivity contribution < 1.29 is 4.79 Å². The third-order valence-electron chi connectivity index (χ3n) is 2.36. The van der Waals surface area contributed by atoms with Gasteiger partial charge in [-0.15, -0.1) is 24.8 Å². The van der Waals surface area contributed by atoms with E-state index in [9.17, 15) is 4.79 Å². The molecule has 104 valence electrons. The molecule has 0 heterocycles. The van der Waals surface area contributed by atoms with Crippen LogP contribution in [0.5, 0.6) is 0 Å². The smallest absolute Gasteiger partial charge is 0.236 e. The number of halogens is 2. The second-order valence-electron chi connectivity index (χ2n) is 3.84. The number of rotatable bonds is 5. The van der Waals surface area contributed by atoms with E-state index in [1.54, 1.807) is 6.92 Å². The van der Waals surface area contributed by atoms with Crippen molar-refractivity contribution in [3.63, 3.8) is 0 Å². The van der Waals surface area contributed by atoms with Crippen LogP contribution in [0.25, 0.3) is 0 Å². The number of likely N-dealkylation sites (N-methyl/N-ethyl adjacent to an activating group) is 1. The molecular weight excluding hydrogens is 273 g/mol. The van der Waals surface area contributed by atoms with Crippen LogP contribution in [0.2, 0.25) is 0 Å². The summed E-state index contributed by atoms with van der Waals surface area (Å²) in [5.41, 5.74) is 6.57. The van der Waals surface area contributed by atoms with Gasteiger partial charge in [-0.25, -0.2) is 0 Å². The fourth-order valence-electron chi connectivity index (χ4n) is 1.32. The lowest BCUT2D eigenvalue weighted by Gasteiger charge is -2.19. The largest absolute Gasteiger partial charge is 0.373 e. The van der Waals surface area contributed by atoms with E-state index in [1.165, 1.54) is 0 Å². The van der Waals surface area contributed by atoms with Gasteiger partial charge < -0.3 is 16.0 Å². The van der Waals surface area contributed by atoms with Crippen molar-refractivity contribution in [2.75, 3.05) is 25.0 Å². The third-order valence-corrected chi connectivity index (χ3v) is 2.36. The number of benzene rings is 1. The third kappa shape index (κ3) is 6.69. The Morgan fingerprint density at radius 2 is 1.89 bits per heavy atom.